The zero-order valence-corrected chi connectivity index (χ0v) is 7.02. The summed E-state index contributed by atoms with van der Waals surface area (Å²) in [5, 5.41) is 0. The highest BCUT2D eigenvalue weighted by Crippen LogP contribution is 2.21. The van der Waals surface area contributed by atoms with Gasteiger partial charge in [-0.2, -0.15) is 0 Å². The summed E-state index contributed by atoms with van der Waals surface area (Å²) in [5.74, 6) is 0.0702. The molecule has 0 heterocycles. The van der Waals surface area contributed by atoms with Crippen molar-refractivity contribution in [3.8, 4) is 0 Å². The number of hydrogen-bond donors (Lipinski definition) is 1. The van der Waals surface area contributed by atoms with Crippen molar-refractivity contribution in [1.82, 2.24) is 0 Å². The lowest BCUT2D eigenvalue weighted by atomic mass is 10.1. The van der Waals surface area contributed by atoms with E-state index in [1.54, 1.807) is 12.2 Å². The minimum absolute atomic E-state index is 0.194. The molecule has 0 fully saturated rings. The van der Waals surface area contributed by atoms with Gasteiger partial charge in [0.1, 0.15) is 0 Å². The van der Waals surface area contributed by atoms with Crippen LogP contribution in [0.2, 0.25) is 0 Å². The zero-order chi connectivity index (χ0) is 8.43. The maximum atomic E-state index is 11.2. The first-order valence-electron chi connectivity index (χ1n) is 3.05. The van der Waals surface area contributed by atoms with Gasteiger partial charge in [0, 0.05) is 5.57 Å². The number of ether oxygens (including phenoxy) is 1. The van der Waals surface area contributed by atoms with E-state index < -0.39 is 0 Å². The summed E-state index contributed by atoms with van der Waals surface area (Å²) < 4.78 is 4.83. The molecule has 0 aromatic rings. The fourth-order valence-electron chi connectivity index (χ4n) is 0.790. The molecule has 1 aliphatic carbocycles. The van der Waals surface area contributed by atoms with Crippen LogP contribution >= 0.6 is 12.6 Å². The van der Waals surface area contributed by atoms with E-state index in [2.05, 4.69) is 19.2 Å². The molecule has 0 radical (unpaired) electrons. The average molecular weight is 168 g/mol. The van der Waals surface area contributed by atoms with Gasteiger partial charge in [-0.15, -0.1) is 12.6 Å². The zero-order valence-electron chi connectivity index (χ0n) is 6.13. The highest BCUT2D eigenvalue weighted by molar-refractivity contribution is 7.84. The minimum Gasteiger partial charge on any atom is -0.492 e. The van der Waals surface area contributed by atoms with Crippen molar-refractivity contribution >= 4 is 18.4 Å². The number of rotatable bonds is 1. The third-order valence-corrected chi connectivity index (χ3v) is 1.73. The molecule has 0 atom stereocenters. The van der Waals surface area contributed by atoms with Gasteiger partial charge in [-0.1, -0.05) is 12.7 Å². The monoisotopic (exact) mass is 168 g/mol. The van der Waals surface area contributed by atoms with Crippen LogP contribution in [-0.4, -0.2) is 12.9 Å². The van der Waals surface area contributed by atoms with Crippen molar-refractivity contribution in [2.24, 2.45) is 0 Å². The lowest BCUT2D eigenvalue weighted by Gasteiger charge is -2.10. The Bertz CT molecular complexity index is 274. The first kappa shape index (κ1) is 8.14. The number of ketones is 1. The first-order valence-corrected chi connectivity index (χ1v) is 3.50. The van der Waals surface area contributed by atoms with E-state index in [-0.39, 0.29) is 11.5 Å². The Hall–Kier alpha value is -0.960. The van der Waals surface area contributed by atoms with Crippen LogP contribution in [-0.2, 0) is 9.53 Å². The van der Waals surface area contributed by atoms with Gasteiger partial charge in [-0.3, -0.25) is 4.79 Å². The molecule has 0 saturated carbocycles. The van der Waals surface area contributed by atoms with E-state index in [0.717, 1.165) is 0 Å². The Morgan fingerprint density at radius 2 is 2.18 bits per heavy atom. The van der Waals surface area contributed by atoms with Crippen LogP contribution in [0.15, 0.2) is 35.0 Å². The molecule has 0 amide bonds. The Morgan fingerprint density at radius 3 is 2.64 bits per heavy atom. The highest BCUT2D eigenvalue weighted by atomic mass is 32.1. The van der Waals surface area contributed by atoms with Gasteiger partial charge in [0.05, 0.1) is 12.0 Å². The first-order chi connectivity index (χ1) is 5.16. The largest absolute Gasteiger partial charge is 0.492 e. The van der Waals surface area contributed by atoms with Crippen molar-refractivity contribution in [1.29, 1.82) is 0 Å². The second kappa shape index (κ2) is 2.96. The predicted molar refractivity (Wildman–Crippen MR) is 46.3 cm³/mol. The molecular formula is C8H8O2S. The molecule has 0 unspecified atom stereocenters. The number of thiol groups is 1. The Balaban J connectivity index is 3.09. The van der Waals surface area contributed by atoms with Crippen molar-refractivity contribution in [2.75, 3.05) is 7.11 Å². The summed E-state index contributed by atoms with van der Waals surface area (Å²) in [4.78, 5) is 11.7. The number of carbonyl (C=O) groups is 1. The lowest BCUT2D eigenvalue weighted by molar-refractivity contribution is -0.114. The predicted octanol–water partition coefficient (Wildman–Crippen LogP) is 1.47. The van der Waals surface area contributed by atoms with Gasteiger partial charge in [0.25, 0.3) is 0 Å². The summed E-state index contributed by atoms with van der Waals surface area (Å²) in [6.07, 6.45) is 3.30. The fraction of sp³-hybridized carbons (Fsp3) is 0.125. The van der Waals surface area contributed by atoms with Crippen molar-refractivity contribution in [3.05, 3.63) is 35.0 Å². The molecule has 0 aromatic carbocycles. The van der Waals surface area contributed by atoms with E-state index >= 15 is 0 Å². The van der Waals surface area contributed by atoms with Crippen molar-refractivity contribution in [2.45, 2.75) is 0 Å². The van der Waals surface area contributed by atoms with Crippen LogP contribution in [0.4, 0.5) is 0 Å². The molecule has 0 aromatic heterocycles. The maximum Gasteiger partial charge on any atom is 0.228 e. The van der Waals surface area contributed by atoms with Crippen LogP contribution in [0, 0.1) is 0 Å². The minimum atomic E-state index is -0.194. The number of Topliss-reactive ketones (excluding diaryl/α,β-unsaturated/α-hetero) is 1. The van der Waals surface area contributed by atoms with Gasteiger partial charge in [-0.25, -0.2) is 0 Å². The van der Waals surface area contributed by atoms with E-state index in [1.807, 2.05) is 0 Å². The van der Waals surface area contributed by atoms with Crippen LogP contribution in [0.25, 0.3) is 0 Å². The second-order valence-electron chi connectivity index (χ2n) is 2.11. The smallest absolute Gasteiger partial charge is 0.228 e. The number of allylic oxidation sites excluding steroid dienone is 3. The molecule has 0 N–H and O–H groups in total. The van der Waals surface area contributed by atoms with Gasteiger partial charge < -0.3 is 4.74 Å². The standard InChI is InChI=1S/C8H8O2S/c1-5-3-4-6(11)8(10-2)7(5)9/h3-4,11H,1H2,2H3. The summed E-state index contributed by atoms with van der Waals surface area (Å²) >= 11 is 4.04. The van der Waals surface area contributed by atoms with Crippen LogP contribution in [0.5, 0.6) is 0 Å². The summed E-state index contributed by atoms with van der Waals surface area (Å²) in [7, 11) is 1.44. The highest BCUT2D eigenvalue weighted by Gasteiger charge is 2.18. The van der Waals surface area contributed by atoms with E-state index in [4.69, 9.17) is 4.74 Å². The third-order valence-electron chi connectivity index (χ3n) is 1.38. The van der Waals surface area contributed by atoms with Gasteiger partial charge >= 0.3 is 0 Å². The molecule has 0 spiro atoms. The molecule has 0 bridgehead atoms. The molecule has 1 rings (SSSR count). The molecule has 11 heavy (non-hydrogen) atoms. The average Bonchev–Trinajstić information content (AvgIpc) is 1.99. The van der Waals surface area contributed by atoms with Gasteiger partial charge in [0.15, 0.2) is 5.76 Å². The number of methoxy groups -OCH3 is 1. The number of hydrogen-bond acceptors (Lipinski definition) is 3. The molecular weight excluding hydrogens is 160 g/mol. The van der Waals surface area contributed by atoms with Crippen LogP contribution < -0.4 is 0 Å². The quantitative estimate of drug-likeness (QED) is 0.474. The van der Waals surface area contributed by atoms with Crippen LogP contribution in [0.3, 0.4) is 0 Å². The molecule has 58 valence electrons. The van der Waals surface area contributed by atoms with Crippen LogP contribution in [0.1, 0.15) is 0 Å². The summed E-state index contributed by atoms with van der Waals surface area (Å²) in [6.45, 7) is 3.54. The molecule has 0 saturated heterocycles. The topological polar surface area (TPSA) is 26.3 Å². The van der Waals surface area contributed by atoms with E-state index in [1.165, 1.54) is 7.11 Å². The number of carbonyl (C=O) groups excluding carboxylic acids is 1. The lowest BCUT2D eigenvalue weighted by Crippen LogP contribution is -2.10. The summed E-state index contributed by atoms with van der Waals surface area (Å²) in [5.41, 5.74) is 0.430. The molecule has 0 aliphatic heterocycles. The van der Waals surface area contributed by atoms with E-state index in [9.17, 15) is 4.79 Å². The SMILES string of the molecule is C=C1C=CC(S)=C(OC)C1=O. The van der Waals surface area contributed by atoms with Gasteiger partial charge in [-0.05, 0) is 6.08 Å². The second-order valence-corrected chi connectivity index (χ2v) is 2.59. The van der Waals surface area contributed by atoms with E-state index in [0.29, 0.717) is 10.5 Å². The maximum absolute atomic E-state index is 11.2. The Kier molecular flexibility index (Phi) is 2.19. The Morgan fingerprint density at radius 1 is 1.55 bits per heavy atom. The Labute approximate surface area is 70.6 Å². The molecule has 1 aliphatic rings. The van der Waals surface area contributed by atoms with Gasteiger partial charge in [0.2, 0.25) is 5.78 Å². The third kappa shape index (κ3) is 1.38. The fourth-order valence-corrected chi connectivity index (χ4v) is 1.06. The summed E-state index contributed by atoms with van der Waals surface area (Å²) in [6, 6.07) is 0. The normalized spacial score (nSPS) is 17.6. The molecule has 3 heteroatoms. The van der Waals surface area contributed by atoms with Crippen molar-refractivity contribution in [3.63, 3.8) is 0 Å². The van der Waals surface area contributed by atoms with Crippen molar-refractivity contribution < 1.29 is 9.53 Å². The molecule has 2 nitrogen and oxygen atoms in total.